The van der Waals surface area contributed by atoms with Gasteiger partial charge < -0.3 is 14.7 Å². The Balaban J connectivity index is 2.99. The third-order valence-electron chi connectivity index (χ3n) is 2.60. The molecule has 0 saturated carbocycles. The van der Waals surface area contributed by atoms with Crippen LogP contribution in [0.15, 0.2) is 24.3 Å². The van der Waals surface area contributed by atoms with E-state index in [9.17, 15) is 9.59 Å². The fourth-order valence-corrected chi connectivity index (χ4v) is 1.72. The van der Waals surface area contributed by atoms with E-state index in [-0.39, 0.29) is 5.75 Å². The van der Waals surface area contributed by atoms with E-state index in [1.165, 1.54) is 23.1 Å². The lowest BCUT2D eigenvalue weighted by atomic mass is 10.2. The van der Waals surface area contributed by atoms with Gasteiger partial charge in [0.1, 0.15) is 5.75 Å². The number of ether oxygens (including phenoxy) is 1. The van der Waals surface area contributed by atoms with Crippen molar-refractivity contribution in [3.8, 4) is 5.75 Å². The SMILES string of the molecule is CCN(CC)C(=O)Oc1ccc(Cl)cc1/C=C/C(=O)O. The highest BCUT2D eigenvalue weighted by atomic mass is 35.5. The number of carboxylic acids is 1. The Morgan fingerprint density at radius 2 is 2.00 bits per heavy atom. The fraction of sp³-hybridized carbons (Fsp3) is 0.286. The average molecular weight is 298 g/mol. The Morgan fingerprint density at radius 1 is 1.35 bits per heavy atom. The molecule has 0 unspecified atom stereocenters. The minimum Gasteiger partial charge on any atom is -0.478 e. The first kappa shape index (κ1) is 16.0. The lowest BCUT2D eigenvalue weighted by molar-refractivity contribution is -0.131. The molecule has 0 radical (unpaired) electrons. The lowest BCUT2D eigenvalue weighted by Crippen LogP contribution is -2.33. The molecule has 1 aromatic rings. The molecule has 0 fully saturated rings. The van der Waals surface area contributed by atoms with Crippen LogP contribution < -0.4 is 4.74 Å². The van der Waals surface area contributed by atoms with E-state index in [1.54, 1.807) is 6.07 Å². The summed E-state index contributed by atoms with van der Waals surface area (Å²) in [7, 11) is 0. The molecule has 6 heteroatoms. The van der Waals surface area contributed by atoms with Crippen molar-refractivity contribution in [2.45, 2.75) is 13.8 Å². The second-order valence-electron chi connectivity index (χ2n) is 3.89. The van der Waals surface area contributed by atoms with Gasteiger partial charge >= 0.3 is 12.1 Å². The van der Waals surface area contributed by atoms with Crippen LogP contribution in [0, 0.1) is 0 Å². The first-order valence-corrected chi connectivity index (χ1v) is 6.53. The first-order valence-electron chi connectivity index (χ1n) is 6.15. The Hall–Kier alpha value is -2.01. The van der Waals surface area contributed by atoms with Crippen molar-refractivity contribution >= 4 is 29.7 Å². The fourth-order valence-electron chi connectivity index (χ4n) is 1.54. The van der Waals surface area contributed by atoms with Gasteiger partial charge in [-0.05, 0) is 38.1 Å². The molecule has 0 saturated heterocycles. The largest absolute Gasteiger partial charge is 0.478 e. The molecule has 0 aliphatic rings. The normalized spacial score (nSPS) is 10.6. The Kier molecular flexibility index (Phi) is 6.06. The number of carbonyl (C=O) groups excluding carboxylic acids is 1. The molecule has 0 spiro atoms. The van der Waals surface area contributed by atoms with Crippen LogP contribution in [0.3, 0.4) is 0 Å². The van der Waals surface area contributed by atoms with E-state index >= 15 is 0 Å². The van der Waals surface area contributed by atoms with Crippen LogP contribution in [-0.2, 0) is 4.79 Å². The number of aliphatic carboxylic acids is 1. The van der Waals surface area contributed by atoms with Crippen LogP contribution in [0.1, 0.15) is 19.4 Å². The summed E-state index contributed by atoms with van der Waals surface area (Å²) < 4.78 is 5.26. The van der Waals surface area contributed by atoms with Gasteiger partial charge in [-0.2, -0.15) is 0 Å². The third-order valence-corrected chi connectivity index (χ3v) is 2.83. The van der Waals surface area contributed by atoms with E-state index in [2.05, 4.69) is 0 Å². The summed E-state index contributed by atoms with van der Waals surface area (Å²) in [5.41, 5.74) is 0.431. The summed E-state index contributed by atoms with van der Waals surface area (Å²) in [6.45, 7) is 4.75. The Morgan fingerprint density at radius 3 is 2.55 bits per heavy atom. The predicted octanol–water partition coefficient (Wildman–Crippen LogP) is 3.28. The Bertz CT molecular complexity index is 524. The maximum absolute atomic E-state index is 11.9. The van der Waals surface area contributed by atoms with Gasteiger partial charge in [0, 0.05) is 29.8 Å². The minimum atomic E-state index is -1.09. The van der Waals surface area contributed by atoms with E-state index in [4.69, 9.17) is 21.4 Å². The summed E-state index contributed by atoms with van der Waals surface area (Å²) in [6.07, 6.45) is 1.81. The van der Waals surface area contributed by atoms with Crippen molar-refractivity contribution < 1.29 is 19.4 Å². The van der Waals surface area contributed by atoms with E-state index in [0.717, 1.165) is 6.08 Å². The average Bonchev–Trinajstić information content (AvgIpc) is 2.40. The number of amides is 1. The number of hydrogen-bond donors (Lipinski definition) is 1. The van der Waals surface area contributed by atoms with Crippen molar-refractivity contribution in [3.63, 3.8) is 0 Å². The summed E-state index contributed by atoms with van der Waals surface area (Å²) in [5, 5.41) is 9.07. The maximum atomic E-state index is 11.9. The number of rotatable bonds is 5. The van der Waals surface area contributed by atoms with Crippen LogP contribution in [0.25, 0.3) is 6.08 Å². The summed E-state index contributed by atoms with van der Waals surface area (Å²) in [5.74, 6) is -0.824. The van der Waals surface area contributed by atoms with Crippen LogP contribution in [-0.4, -0.2) is 35.2 Å². The number of hydrogen-bond acceptors (Lipinski definition) is 3. The molecule has 0 aliphatic carbocycles. The van der Waals surface area contributed by atoms with Crippen molar-refractivity contribution in [2.24, 2.45) is 0 Å². The number of benzene rings is 1. The molecule has 0 atom stereocenters. The maximum Gasteiger partial charge on any atom is 0.415 e. The van der Waals surface area contributed by atoms with Crippen molar-refractivity contribution in [1.82, 2.24) is 4.90 Å². The van der Waals surface area contributed by atoms with Gasteiger partial charge in [-0.1, -0.05) is 11.6 Å². The van der Waals surface area contributed by atoms with Crippen LogP contribution >= 0.6 is 11.6 Å². The Labute approximate surface area is 122 Å². The van der Waals surface area contributed by atoms with Crippen molar-refractivity contribution in [1.29, 1.82) is 0 Å². The monoisotopic (exact) mass is 297 g/mol. The molecule has 0 heterocycles. The highest BCUT2D eigenvalue weighted by molar-refractivity contribution is 6.30. The van der Waals surface area contributed by atoms with Crippen molar-refractivity contribution in [3.05, 3.63) is 34.9 Å². The molecular weight excluding hydrogens is 282 g/mol. The first-order chi connectivity index (χ1) is 9.47. The topological polar surface area (TPSA) is 66.8 Å². The quantitative estimate of drug-likeness (QED) is 0.847. The highest BCUT2D eigenvalue weighted by Crippen LogP contribution is 2.24. The van der Waals surface area contributed by atoms with Gasteiger partial charge in [-0.15, -0.1) is 0 Å². The lowest BCUT2D eigenvalue weighted by Gasteiger charge is -2.18. The minimum absolute atomic E-state index is 0.267. The molecule has 0 bridgehead atoms. The molecule has 20 heavy (non-hydrogen) atoms. The number of carboxylic acid groups (broad SMARTS) is 1. The van der Waals surface area contributed by atoms with Crippen molar-refractivity contribution in [2.75, 3.05) is 13.1 Å². The van der Waals surface area contributed by atoms with Gasteiger partial charge in [0.05, 0.1) is 0 Å². The predicted molar refractivity (Wildman–Crippen MR) is 77.1 cm³/mol. The smallest absolute Gasteiger partial charge is 0.415 e. The number of halogens is 1. The zero-order valence-corrected chi connectivity index (χ0v) is 12.1. The zero-order valence-electron chi connectivity index (χ0n) is 11.3. The van der Waals surface area contributed by atoms with Crippen LogP contribution in [0.4, 0.5) is 4.79 Å². The summed E-state index contributed by atoms with van der Waals surface area (Å²) in [4.78, 5) is 23.9. The van der Waals surface area contributed by atoms with E-state index in [0.29, 0.717) is 23.7 Å². The van der Waals surface area contributed by atoms with Gasteiger partial charge in [-0.3, -0.25) is 0 Å². The standard InChI is InChI=1S/C14H16ClNO4/c1-3-16(4-2)14(19)20-12-7-6-11(15)9-10(12)5-8-13(17)18/h5-9H,3-4H2,1-2H3,(H,17,18)/b8-5+. The molecule has 108 valence electrons. The number of nitrogens with zero attached hydrogens (tertiary/aromatic N) is 1. The molecule has 0 aliphatic heterocycles. The van der Waals surface area contributed by atoms with Gasteiger partial charge in [0.25, 0.3) is 0 Å². The summed E-state index contributed by atoms with van der Waals surface area (Å²) >= 11 is 5.85. The number of carbonyl (C=O) groups is 2. The third kappa shape index (κ3) is 4.59. The molecule has 1 amide bonds. The van der Waals surface area contributed by atoms with Crippen LogP contribution in [0.5, 0.6) is 5.75 Å². The van der Waals surface area contributed by atoms with E-state index < -0.39 is 12.1 Å². The van der Waals surface area contributed by atoms with E-state index in [1.807, 2.05) is 13.8 Å². The van der Waals surface area contributed by atoms with Gasteiger partial charge in [0.15, 0.2) is 0 Å². The molecule has 5 nitrogen and oxygen atoms in total. The summed E-state index contributed by atoms with van der Waals surface area (Å²) in [6, 6.07) is 4.64. The van der Waals surface area contributed by atoms with Crippen LogP contribution in [0.2, 0.25) is 5.02 Å². The molecular formula is C14H16ClNO4. The highest BCUT2D eigenvalue weighted by Gasteiger charge is 2.14. The molecule has 1 aromatic carbocycles. The second-order valence-corrected chi connectivity index (χ2v) is 4.33. The zero-order chi connectivity index (χ0) is 15.1. The molecule has 1 rings (SSSR count). The molecule has 0 aromatic heterocycles. The molecule has 1 N–H and O–H groups in total. The van der Waals surface area contributed by atoms with Gasteiger partial charge in [0.2, 0.25) is 0 Å². The second kappa shape index (κ2) is 7.55. The van der Waals surface area contributed by atoms with Gasteiger partial charge in [-0.25, -0.2) is 9.59 Å².